The summed E-state index contributed by atoms with van der Waals surface area (Å²) in [6, 6.07) is 4.45. The van der Waals surface area contributed by atoms with E-state index in [9.17, 15) is 13.2 Å². The van der Waals surface area contributed by atoms with Gasteiger partial charge in [0.1, 0.15) is 5.82 Å². The molecule has 0 bridgehead atoms. The van der Waals surface area contributed by atoms with Gasteiger partial charge in [-0.25, -0.2) is 4.98 Å². The number of thioether (sulfide) groups is 2. The second-order valence-corrected chi connectivity index (χ2v) is 8.04. The van der Waals surface area contributed by atoms with Gasteiger partial charge >= 0.3 is 5.51 Å². The second kappa shape index (κ2) is 8.22. The molecule has 1 aromatic carbocycles. The topological polar surface area (TPSA) is 52.5 Å². The van der Waals surface area contributed by atoms with Gasteiger partial charge in [0.2, 0.25) is 0 Å². The summed E-state index contributed by atoms with van der Waals surface area (Å²) in [7, 11) is 0. The fourth-order valence-corrected chi connectivity index (χ4v) is 3.79. The molecule has 0 radical (unpaired) electrons. The number of H-pyrrole nitrogens is 1. The maximum Gasteiger partial charge on any atom is 0.446 e. The first-order valence-electron chi connectivity index (χ1n) is 8.09. The van der Waals surface area contributed by atoms with Crippen LogP contribution in [0.2, 0.25) is 0 Å². The van der Waals surface area contributed by atoms with Crippen molar-refractivity contribution < 1.29 is 13.2 Å². The van der Waals surface area contributed by atoms with E-state index >= 15 is 0 Å². The minimum Gasteiger partial charge on any atom is -0.338 e. The predicted molar refractivity (Wildman–Crippen MR) is 108 cm³/mol. The van der Waals surface area contributed by atoms with Crippen molar-refractivity contribution in [2.45, 2.75) is 17.3 Å². The Labute approximate surface area is 163 Å². The van der Waals surface area contributed by atoms with Gasteiger partial charge in [0, 0.05) is 15.4 Å². The molecule has 140 valence electrons. The summed E-state index contributed by atoms with van der Waals surface area (Å²) in [5, 5.41) is 7.97. The summed E-state index contributed by atoms with van der Waals surface area (Å²) in [6.07, 6.45) is 11.0. The van der Waals surface area contributed by atoms with Crippen molar-refractivity contribution in [3.05, 3.63) is 64.9 Å². The third-order valence-corrected chi connectivity index (χ3v) is 5.13. The summed E-state index contributed by atoms with van der Waals surface area (Å²) >= 11 is 1.45. The summed E-state index contributed by atoms with van der Waals surface area (Å²) in [5.41, 5.74) is -1.94. The largest absolute Gasteiger partial charge is 0.446 e. The van der Waals surface area contributed by atoms with E-state index in [1.807, 2.05) is 37.3 Å². The Kier molecular flexibility index (Phi) is 5.96. The number of allylic oxidation sites excluding steroid dienone is 6. The van der Waals surface area contributed by atoms with Gasteiger partial charge in [0.05, 0.1) is 16.7 Å². The van der Waals surface area contributed by atoms with Crippen LogP contribution in [0.4, 0.5) is 13.2 Å². The second-order valence-electron chi connectivity index (χ2n) is 5.56. The Morgan fingerprint density at radius 2 is 2.04 bits per heavy atom. The Bertz CT molecular complexity index is 982. The molecule has 3 nitrogen and oxygen atoms in total. The van der Waals surface area contributed by atoms with Crippen molar-refractivity contribution >= 4 is 46.3 Å². The van der Waals surface area contributed by atoms with Crippen LogP contribution < -0.4 is 0 Å². The van der Waals surface area contributed by atoms with Gasteiger partial charge in [0.25, 0.3) is 0 Å². The fraction of sp³-hybridized carbons (Fsp3) is 0.158. The molecule has 27 heavy (non-hydrogen) atoms. The van der Waals surface area contributed by atoms with Crippen molar-refractivity contribution in [2.24, 2.45) is 0 Å². The van der Waals surface area contributed by atoms with Crippen molar-refractivity contribution in [1.82, 2.24) is 9.97 Å². The number of benzene rings is 1. The average molecular weight is 407 g/mol. The van der Waals surface area contributed by atoms with Crippen LogP contribution in [0.3, 0.4) is 0 Å². The highest BCUT2D eigenvalue weighted by Crippen LogP contribution is 2.37. The van der Waals surface area contributed by atoms with Crippen LogP contribution in [0, 0.1) is 5.41 Å². The number of rotatable bonds is 5. The SMILES string of the molecule is CCSC(=C\c1nc2cc(SC(F)(F)F)ccc2[nH]1)/C=C1/C=CC=CC1=N. The molecule has 1 heterocycles. The number of alkyl halides is 3. The first-order chi connectivity index (χ1) is 12.8. The maximum atomic E-state index is 12.5. The van der Waals surface area contributed by atoms with E-state index < -0.39 is 5.51 Å². The van der Waals surface area contributed by atoms with Gasteiger partial charge < -0.3 is 10.4 Å². The van der Waals surface area contributed by atoms with E-state index in [2.05, 4.69) is 9.97 Å². The predicted octanol–water partition coefficient (Wildman–Crippen LogP) is 6.34. The molecule has 1 aromatic heterocycles. The Morgan fingerprint density at radius 1 is 1.26 bits per heavy atom. The molecule has 1 aliphatic carbocycles. The van der Waals surface area contributed by atoms with Gasteiger partial charge in [-0.2, -0.15) is 13.2 Å². The number of hydrogen-bond acceptors (Lipinski definition) is 4. The van der Waals surface area contributed by atoms with Gasteiger partial charge in [-0.3, -0.25) is 0 Å². The molecule has 0 fully saturated rings. The van der Waals surface area contributed by atoms with E-state index in [0.717, 1.165) is 16.2 Å². The fourth-order valence-electron chi connectivity index (χ4n) is 2.47. The van der Waals surface area contributed by atoms with Crippen molar-refractivity contribution in [3.63, 3.8) is 0 Å². The quantitative estimate of drug-likeness (QED) is 0.569. The molecule has 0 aliphatic heterocycles. The lowest BCUT2D eigenvalue weighted by Crippen LogP contribution is -1.98. The van der Waals surface area contributed by atoms with E-state index in [1.165, 1.54) is 12.1 Å². The molecule has 2 N–H and O–H groups in total. The highest BCUT2D eigenvalue weighted by molar-refractivity contribution is 8.03. The summed E-state index contributed by atoms with van der Waals surface area (Å²) < 4.78 is 37.6. The normalized spacial score (nSPS) is 16.7. The van der Waals surface area contributed by atoms with Crippen molar-refractivity contribution in [1.29, 1.82) is 5.41 Å². The van der Waals surface area contributed by atoms with Crippen LogP contribution >= 0.6 is 23.5 Å². The molecular weight excluding hydrogens is 391 g/mol. The molecule has 8 heteroatoms. The Balaban J connectivity index is 1.92. The van der Waals surface area contributed by atoms with Crippen LogP contribution in [-0.2, 0) is 0 Å². The first kappa shape index (κ1) is 19.6. The molecule has 0 unspecified atom stereocenters. The highest BCUT2D eigenvalue weighted by atomic mass is 32.2. The molecule has 3 rings (SSSR count). The van der Waals surface area contributed by atoms with E-state index in [4.69, 9.17) is 5.41 Å². The summed E-state index contributed by atoms with van der Waals surface area (Å²) in [6.45, 7) is 2.03. The third-order valence-electron chi connectivity index (χ3n) is 3.55. The lowest BCUT2D eigenvalue weighted by atomic mass is 10.1. The van der Waals surface area contributed by atoms with Gasteiger partial charge in [-0.1, -0.05) is 25.2 Å². The van der Waals surface area contributed by atoms with Crippen LogP contribution in [0.25, 0.3) is 17.1 Å². The minimum absolute atomic E-state index is 0.106. The van der Waals surface area contributed by atoms with Gasteiger partial charge in [-0.15, -0.1) is 11.8 Å². The molecule has 0 saturated carbocycles. The first-order valence-corrected chi connectivity index (χ1v) is 9.89. The molecule has 0 atom stereocenters. The number of fused-ring (bicyclic) bond motifs is 1. The molecule has 1 aliphatic rings. The number of nitrogens with one attached hydrogen (secondary N) is 2. The van der Waals surface area contributed by atoms with Crippen LogP contribution in [-0.4, -0.2) is 26.9 Å². The summed E-state index contributed by atoms with van der Waals surface area (Å²) in [4.78, 5) is 8.54. The molecule has 0 spiro atoms. The van der Waals surface area contributed by atoms with E-state index in [-0.39, 0.29) is 16.7 Å². The van der Waals surface area contributed by atoms with Gasteiger partial charge in [-0.05, 0) is 53.9 Å². The number of nitrogens with zero attached hydrogens (tertiary/aromatic N) is 1. The number of halogens is 3. The smallest absolute Gasteiger partial charge is 0.338 e. The minimum atomic E-state index is -4.32. The van der Waals surface area contributed by atoms with Crippen LogP contribution in [0.1, 0.15) is 12.7 Å². The Morgan fingerprint density at radius 3 is 2.74 bits per heavy atom. The monoisotopic (exact) mass is 407 g/mol. The zero-order valence-corrected chi connectivity index (χ0v) is 15.9. The average Bonchev–Trinajstić information content (AvgIpc) is 2.97. The number of hydrogen-bond donors (Lipinski definition) is 2. The zero-order chi connectivity index (χ0) is 19.4. The lowest BCUT2D eigenvalue weighted by molar-refractivity contribution is -0.0328. The molecule has 0 amide bonds. The Hall–Kier alpha value is -2.19. The molecule has 0 saturated heterocycles. The standard InChI is InChI=1S/C19H16F3N3S2/c1-2-26-14(9-12-5-3-4-6-15(12)23)11-18-24-16-8-7-13(10-17(16)25-18)27-19(20,21)22/h3-11,23H,2H2,1H3,(H,24,25)/b12-9-,14-11-,23-15?. The van der Waals surface area contributed by atoms with E-state index in [0.29, 0.717) is 22.6 Å². The molecular formula is C19H16F3N3S2. The maximum absolute atomic E-state index is 12.5. The van der Waals surface area contributed by atoms with E-state index in [1.54, 1.807) is 23.9 Å². The van der Waals surface area contributed by atoms with Crippen LogP contribution in [0.15, 0.2) is 64.0 Å². The number of aromatic amines is 1. The summed E-state index contributed by atoms with van der Waals surface area (Å²) in [5.74, 6) is 1.41. The van der Waals surface area contributed by atoms with Crippen molar-refractivity contribution in [3.8, 4) is 0 Å². The lowest BCUT2D eigenvalue weighted by Gasteiger charge is -2.06. The number of imidazole rings is 1. The third kappa shape index (κ3) is 5.40. The van der Waals surface area contributed by atoms with Crippen LogP contribution in [0.5, 0.6) is 0 Å². The number of aromatic nitrogens is 2. The zero-order valence-electron chi connectivity index (χ0n) is 14.3. The van der Waals surface area contributed by atoms with Crippen molar-refractivity contribution in [2.75, 3.05) is 5.75 Å². The van der Waals surface area contributed by atoms with Gasteiger partial charge in [0.15, 0.2) is 0 Å². The molecule has 2 aromatic rings. The highest BCUT2D eigenvalue weighted by Gasteiger charge is 2.29.